The number of hydrogen-bond donors (Lipinski definition) is 2. The highest BCUT2D eigenvalue weighted by molar-refractivity contribution is 14.1. The zero-order valence-electron chi connectivity index (χ0n) is 6.81. The van der Waals surface area contributed by atoms with E-state index in [0.717, 1.165) is 9.13 Å². The summed E-state index contributed by atoms with van der Waals surface area (Å²) >= 11 is 2.22. The molecule has 68 valence electrons. The molecule has 1 aromatic carbocycles. The van der Waals surface area contributed by atoms with Crippen LogP contribution in [0.2, 0.25) is 0 Å². The van der Waals surface area contributed by atoms with E-state index >= 15 is 0 Å². The van der Waals surface area contributed by atoms with Crippen molar-refractivity contribution in [3.05, 3.63) is 33.4 Å². The highest BCUT2D eigenvalue weighted by Crippen LogP contribution is 2.05. The second kappa shape index (κ2) is 4.80. The molecule has 0 saturated heterocycles. The maximum absolute atomic E-state index is 5.10. The van der Waals surface area contributed by atoms with Crippen LogP contribution in [0.25, 0.3) is 0 Å². The molecule has 0 amide bonds. The topological polar surface area (TPSA) is 76.8 Å². The third-order valence-corrected chi connectivity index (χ3v) is 1.90. The molecule has 4 nitrogen and oxygen atoms in total. The molecule has 0 aromatic heterocycles. The van der Waals surface area contributed by atoms with Gasteiger partial charge in [0.15, 0.2) is 0 Å². The molecule has 0 bridgehead atoms. The van der Waals surface area contributed by atoms with Gasteiger partial charge >= 0.3 is 0 Å². The Bertz CT molecular complexity index is 342. The van der Waals surface area contributed by atoms with Crippen LogP contribution in [0.4, 0.5) is 0 Å². The predicted molar refractivity (Wildman–Crippen MR) is 62.6 cm³/mol. The first-order valence-electron chi connectivity index (χ1n) is 3.56. The number of guanidine groups is 1. The van der Waals surface area contributed by atoms with Gasteiger partial charge in [0.1, 0.15) is 0 Å². The first-order valence-corrected chi connectivity index (χ1v) is 4.64. The third kappa shape index (κ3) is 3.88. The van der Waals surface area contributed by atoms with Crippen molar-refractivity contribution in [3.8, 4) is 0 Å². The van der Waals surface area contributed by atoms with Crippen LogP contribution in [0.5, 0.6) is 0 Å². The van der Waals surface area contributed by atoms with E-state index in [4.69, 9.17) is 11.5 Å². The summed E-state index contributed by atoms with van der Waals surface area (Å²) in [6.45, 7) is 0. The van der Waals surface area contributed by atoms with Crippen molar-refractivity contribution in [2.24, 2.45) is 21.7 Å². The quantitative estimate of drug-likeness (QED) is 0.367. The predicted octanol–water partition coefficient (Wildman–Crippen LogP) is 0.899. The van der Waals surface area contributed by atoms with Crippen molar-refractivity contribution >= 4 is 34.8 Å². The Hall–Kier alpha value is -1.11. The van der Waals surface area contributed by atoms with Crippen molar-refractivity contribution in [3.63, 3.8) is 0 Å². The largest absolute Gasteiger partial charge is 0.369 e. The van der Waals surface area contributed by atoms with Crippen LogP contribution in [-0.2, 0) is 0 Å². The molecule has 0 aliphatic carbocycles. The van der Waals surface area contributed by atoms with Crippen LogP contribution < -0.4 is 11.5 Å². The molecule has 13 heavy (non-hydrogen) atoms. The monoisotopic (exact) mass is 288 g/mol. The SMILES string of the molecule is NC(N)=N/N=C/c1cccc(I)c1. The normalized spacial score (nSPS) is 10.2. The van der Waals surface area contributed by atoms with Crippen molar-refractivity contribution in [2.45, 2.75) is 0 Å². The summed E-state index contributed by atoms with van der Waals surface area (Å²) in [7, 11) is 0. The summed E-state index contributed by atoms with van der Waals surface area (Å²) in [6, 6.07) is 7.84. The molecule has 0 saturated carbocycles. The van der Waals surface area contributed by atoms with E-state index in [1.165, 1.54) is 0 Å². The maximum Gasteiger partial charge on any atom is 0.211 e. The maximum atomic E-state index is 5.10. The summed E-state index contributed by atoms with van der Waals surface area (Å²) in [5.41, 5.74) is 11.2. The molecule has 0 atom stereocenters. The molecule has 0 aliphatic rings. The number of rotatable bonds is 2. The smallest absolute Gasteiger partial charge is 0.211 e. The van der Waals surface area contributed by atoms with Crippen LogP contribution in [0.15, 0.2) is 34.5 Å². The van der Waals surface area contributed by atoms with Gasteiger partial charge in [0, 0.05) is 3.57 Å². The number of halogens is 1. The highest BCUT2D eigenvalue weighted by Gasteiger charge is 1.88. The van der Waals surface area contributed by atoms with Gasteiger partial charge in [-0.2, -0.15) is 5.10 Å². The second-order valence-corrected chi connectivity index (χ2v) is 3.57. The summed E-state index contributed by atoms with van der Waals surface area (Å²) < 4.78 is 1.14. The van der Waals surface area contributed by atoms with E-state index in [-0.39, 0.29) is 5.96 Å². The molecular formula is C8H9IN4. The molecule has 5 heteroatoms. The van der Waals surface area contributed by atoms with Gasteiger partial charge in [0.25, 0.3) is 0 Å². The summed E-state index contributed by atoms with van der Waals surface area (Å²) in [5.74, 6) is -0.0399. The molecule has 0 aliphatic heterocycles. The van der Waals surface area contributed by atoms with E-state index in [1.54, 1.807) is 6.21 Å². The first kappa shape index (κ1) is 9.97. The standard InChI is InChI=1S/C8H9IN4/c9-7-3-1-2-6(4-7)5-12-13-8(10)11/h1-5H,(H4,10,11,13)/b12-5+. The number of nitrogens with zero attached hydrogens (tertiary/aromatic N) is 2. The Morgan fingerprint density at radius 3 is 2.77 bits per heavy atom. The van der Waals surface area contributed by atoms with E-state index in [0.29, 0.717) is 0 Å². The molecule has 0 heterocycles. The van der Waals surface area contributed by atoms with Crippen LogP contribution in [-0.4, -0.2) is 12.2 Å². The average Bonchev–Trinajstić information content (AvgIpc) is 2.03. The lowest BCUT2D eigenvalue weighted by Gasteiger charge is -1.91. The van der Waals surface area contributed by atoms with Crippen LogP contribution >= 0.6 is 22.6 Å². The lowest BCUT2D eigenvalue weighted by Crippen LogP contribution is -2.21. The van der Waals surface area contributed by atoms with Gasteiger partial charge in [0.05, 0.1) is 6.21 Å². The van der Waals surface area contributed by atoms with E-state index in [1.807, 2.05) is 24.3 Å². The Kier molecular flexibility index (Phi) is 3.69. The fourth-order valence-corrected chi connectivity index (χ4v) is 1.32. The van der Waals surface area contributed by atoms with Gasteiger partial charge in [-0.25, -0.2) is 0 Å². The first-order chi connectivity index (χ1) is 6.18. The Balaban J connectivity index is 2.75. The Morgan fingerprint density at radius 2 is 2.15 bits per heavy atom. The third-order valence-electron chi connectivity index (χ3n) is 1.23. The summed E-state index contributed by atoms with van der Waals surface area (Å²) in [4.78, 5) is 0. The number of benzene rings is 1. The lowest BCUT2D eigenvalue weighted by atomic mass is 10.2. The molecule has 0 unspecified atom stereocenters. The Labute approximate surface area is 89.9 Å². The second-order valence-electron chi connectivity index (χ2n) is 2.32. The molecule has 4 N–H and O–H groups in total. The Morgan fingerprint density at radius 1 is 1.38 bits per heavy atom. The van der Waals surface area contributed by atoms with Crippen LogP contribution in [0, 0.1) is 3.57 Å². The van der Waals surface area contributed by atoms with E-state index in [9.17, 15) is 0 Å². The zero-order chi connectivity index (χ0) is 9.68. The summed E-state index contributed by atoms with van der Waals surface area (Å²) in [5, 5.41) is 7.18. The minimum Gasteiger partial charge on any atom is -0.369 e. The van der Waals surface area contributed by atoms with Gasteiger partial charge < -0.3 is 11.5 Å². The van der Waals surface area contributed by atoms with Crippen molar-refractivity contribution < 1.29 is 0 Å². The number of nitrogens with two attached hydrogens (primary N) is 2. The van der Waals surface area contributed by atoms with Crippen LogP contribution in [0.3, 0.4) is 0 Å². The van der Waals surface area contributed by atoms with Gasteiger partial charge in [-0.3, -0.25) is 0 Å². The van der Waals surface area contributed by atoms with Gasteiger partial charge in [0.2, 0.25) is 5.96 Å². The van der Waals surface area contributed by atoms with Crippen LogP contribution in [0.1, 0.15) is 5.56 Å². The molecule has 0 fully saturated rings. The fraction of sp³-hybridized carbons (Fsp3) is 0. The van der Waals surface area contributed by atoms with Crippen molar-refractivity contribution in [2.75, 3.05) is 0 Å². The minimum atomic E-state index is -0.0399. The minimum absolute atomic E-state index is 0.0399. The molecular weight excluding hydrogens is 279 g/mol. The fourth-order valence-electron chi connectivity index (χ4n) is 0.749. The van der Waals surface area contributed by atoms with Gasteiger partial charge in [-0.05, 0) is 40.3 Å². The van der Waals surface area contributed by atoms with Gasteiger partial charge in [-0.1, -0.05) is 12.1 Å². The van der Waals surface area contributed by atoms with E-state index < -0.39 is 0 Å². The lowest BCUT2D eigenvalue weighted by molar-refractivity contribution is 1.21. The van der Waals surface area contributed by atoms with E-state index in [2.05, 4.69) is 32.8 Å². The van der Waals surface area contributed by atoms with Crippen molar-refractivity contribution in [1.82, 2.24) is 0 Å². The molecule has 0 radical (unpaired) electrons. The van der Waals surface area contributed by atoms with Gasteiger partial charge in [-0.15, -0.1) is 5.10 Å². The van der Waals surface area contributed by atoms with Crippen molar-refractivity contribution in [1.29, 1.82) is 0 Å². The summed E-state index contributed by atoms with van der Waals surface area (Å²) in [6.07, 6.45) is 1.60. The molecule has 1 aromatic rings. The highest BCUT2D eigenvalue weighted by atomic mass is 127. The zero-order valence-corrected chi connectivity index (χ0v) is 8.97. The number of hydrogen-bond acceptors (Lipinski definition) is 2. The molecule has 1 rings (SSSR count). The average molecular weight is 288 g/mol. The molecule has 0 spiro atoms.